The first-order chi connectivity index (χ1) is 11.7. The molecule has 24 heavy (non-hydrogen) atoms. The van der Waals surface area contributed by atoms with Crippen molar-refractivity contribution in [2.75, 3.05) is 0 Å². The molecule has 1 aliphatic rings. The molecule has 0 N–H and O–H groups in total. The lowest BCUT2D eigenvalue weighted by molar-refractivity contribution is 0.104. The van der Waals surface area contributed by atoms with Gasteiger partial charge in [-0.25, -0.2) is 9.67 Å². The van der Waals surface area contributed by atoms with Gasteiger partial charge < -0.3 is 0 Å². The molecule has 1 aliphatic carbocycles. The fourth-order valence-corrected chi connectivity index (χ4v) is 3.67. The van der Waals surface area contributed by atoms with Gasteiger partial charge in [-0.3, -0.25) is 4.79 Å². The van der Waals surface area contributed by atoms with Crippen molar-refractivity contribution in [1.82, 2.24) is 14.8 Å². The number of aromatic nitrogens is 3. The van der Waals surface area contributed by atoms with Crippen LogP contribution < -0.4 is 0 Å². The van der Waals surface area contributed by atoms with Gasteiger partial charge in [0.05, 0.1) is 11.1 Å². The van der Waals surface area contributed by atoms with Crippen molar-refractivity contribution in [3.05, 3.63) is 76.5 Å². The molecule has 0 bridgehead atoms. The van der Waals surface area contributed by atoms with Crippen LogP contribution in [0.25, 0.3) is 27.8 Å². The Hall–Kier alpha value is -2.79. The van der Waals surface area contributed by atoms with E-state index in [9.17, 15) is 4.79 Å². The van der Waals surface area contributed by atoms with Gasteiger partial charge in [0.2, 0.25) is 0 Å². The summed E-state index contributed by atoms with van der Waals surface area (Å²) in [5.74, 6) is 0.575. The standard InChI is InChI=1S/C19H10BrN3O/c20-11-6-7-15-14(10-11)16-12-4-1-2-5-13(12)18(24)17(16)19(22-15)23-9-3-8-21-23/h1-10H. The van der Waals surface area contributed by atoms with E-state index in [0.717, 1.165) is 32.1 Å². The summed E-state index contributed by atoms with van der Waals surface area (Å²) in [5.41, 5.74) is 4.07. The highest BCUT2D eigenvalue weighted by Crippen LogP contribution is 2.43. The topological polar surface area (TPSA) is 47.8 Å². The zero-order chi connectivity index (χ0) is 16.3. The second-order valence-electron chi connectivity index (χ2n) is 5.67. The zero-order valence-electron chi connectivity index (χ0n) is 12.4. The number of fused-ring (bicyclic) bond motifs is 5. The number of nitrogens with zero attached hydrogens (tertiary/aromatic N) is 3. The van der Waals surface area contributed by atoms with Crippen molar-refractivity contribution in [3.63, 3.8) is 0 Å². The Morgan fingerprint density at radius 3 is 2.58 bits per heavy atom. The van der Waals surface area contributed by atoms with Crippen molar-refractivity contribution in [2.45, 2.75) is 0 Å². The summed E-state index contributed by atoms with van der Waals surface area (Å²) in [6.45, 7) is 0. The number of pyridine rings is 1. The fourth-order valence-electron chi connectivity index (χ4n) is 3.31. The number of carbonyl (C=O) groups is 1. The number of rotatable bonds is 1. The molecule has 0 unspecified atom stereocenters. The number of hydrogen-bond acceptors (Lipinski definition) is 3. The predicted octanol–water partition coefficient (Wildman–Crippen LogP) is 4.39. The largest absolute Gasteiger partial charge is 0.288 e. The number of benzene rings is 2. The van der Waals surface area contributed by atoms with Crippen molar-refractivity contribution < 1.29 is 4.79 Å². The molecular weight excluding hydrogens is 366 g/mol. The van der Waals surface area contributed by atoms with E-state index < -0.39 is 0 Å². The van der Waals surface area contributed by atoms with E-state index in [1.807, 2.05) is 54.7 Å². The van der Waals surface area contributed by atoms with Crippen LogP contribution >= 0.6 is 15.9 Å². The molecule has 0 fully saturated rings. The first-order valence-corrected chi connectivity index (χ1v) is 8.31. The van der Waals surface area contributed by atoms with Crippen molar-refractivity contribution in [1.29, 1.82) is 0 Å². The third-order valence-corrected chi connectivity index (χ3v) is 4.81. The molecule has 114 valence electrons. The molecular formula is C19H10BrN3O. The van der Waals surface area contributed by atoms with Crippen LogP contribution in [-0.2, 0) is 0 Å². The van der Waals surface area contributed by atoms with Crippen LogP contribution in [0.3, 0.4) is 0 Å². The Bertz CT molecular complexity index is 1130. The van der Waals surface area contributed by atoms with Gasteiger partial charge in [-0.15, -0.1) is 0 Å². The molecule has 5 rings (SSSR count). The monoisotopic (exact) mass is 375 g/mol. The smallest absolute Gasteiger partial charge is 0.198 e. The highest BCUT2D eigenvalue weighted by atomic mass is 79.9. The first-order valence-electron chi connectivity index (χ1n) is 7.51. The lowest BCUT2D eigenvalue weighted by Crippen LogP contribution is -2.07. The molecule has 5 heteroatoms. The molecule has 0 aliphatic heterocycles. The Kier molecular flexibility index (Phi) is 2.76. The quantitative estimate of drug-likeness (QED) is 0.436. The molecule has 2 heterocycles. The Morgan fingerprint density at radius 1 is 0.958 bits per heavy atom. The molecule has 0 atom stereocenters. The number of ketones is 1. The van der Waals surface area contributed by atoms with E-state index in [-0.39, 0.29) is 5.78 Å². The van der Waals surface area contributed by atoms with E-state index in [1.54, 1.807) is 10.9 Å². The maximum Gasteiger partial charge on any atom is 0.198 e. The van der Waals surface area contributed by atoms with Gasteiger partial charge in [0, 0.05) is 33.4 Å². The van der Waals surface area contributed by atoms with Crippen molar-refractivity contribution in [2.24, 2.45) is 0 Å². The van der Waals surface area contributed by atoms with Crippen molar-refractivity contribution in [3.8, 4) is 16.9 Å². The summed E-state index contributed by atoms with van der Waals surface area (Å²) in [6.07, 6.45) is 3.50. The maximum atomic E-state index is 13.0. The van der Waals surface area contributed by atoms with Gasteiger partial charge in [-0.1, -0.05) is 40.2 Å². The molecule has 2 aromatic carbocycles. The Labute approximate surface area is 145 Å². The fraction of sp³-hybridized carbons (Fsp3) is 0. The first kappa shape index (κ1) is 13.6. The predicted molar refractivity (Wildman–Crippen MR) is 95.4 cm³/mol. The van der Waals surface area contributed by atoms with E-state index in [1.165, 1.54) is 0 Å². The summed E-state index contributed by atoms with van der Waals surface area (Å²) < 4.78 is 2.62. The number of hydrogen-bond donors (Lipinski definition) is 0. The molecule has 0 amide bonds. The van der Waals surface area contributed by atoms with Crippen molar-refractivity contribution >= 4 is 32.6 Å². The molecule has 2 aromatic heterocycles. The van der Waals surface area contributed by atoms with Gasteiger partial charge in [-0.2, -0.15) is 5.10 Å². The maximum absolute atomic E-state index is 13.0. The zero-order valence-corrected chi connectivity index (χ0v) is 14.0. The van der Waals surface area contributed by atoms with Crippen LogP contribution in [0.4, 0.5) is 0 Å². The van der Waals surface area contributed by atoms with Crippen LogP contribution in [0.2, 0.25) is 0 Å². The van der Waals surface area contributed by atoms with Gasteiger partial charge in [0.1, 0.15) is 0 Å². The van der Waals surface area contributed by atoms with Gasteiger partial charge in [0.25, 0.3) is 0 Å². The third-order valence-electron chi connectivity index (χ3n) is 4.32. The minimum atomic E-state index is 0.000440. The second-order valence-corrected chi connectivity index (χ2v) is 6.59. The minimum Gasteiger partial charge on any atom is -0.288 e. The van der Waals surface area contributed by atoms with Crippen LogP contribution in [0, 0.1) is 0 Å². The van der Waals surface area contributed by atoms with Crippen LogP contribution in [0.5, 0.6) is 0 Å². The lowest BCUT2D eigenvalue weighted by Gasteiger charge is -2.11. The highest BCUT2D eigenvalue weighted by molar-refractivity contribution is 9.10. The lowest BCUT2D eigenvalue weighted by atomic mass is 10.0. The second kappa shape index (κ2) is 4.85. The summed E-state index contributed by atoms with van der Waals surface area (Å²) in [4.78, 5) is 17.8. The number of halogens is 1. The van der Waals surface area contributed by atoms with Gasteiger partial charge in [-0.05, 0) is 29.8 Å². The molecule has 0 saturated heterocycles. The van der Waals surface area contributed by atoms with Crippen LogP contribution in [0.1, 0.15) is 15.9 Å². The summed E-state index contributed by atoms with van der Waals surface area (Å²) in [5, 5.41) is 5.24. The average Bonchev–Trinajstić information content (AvgIpc) is 3.23. The third kappa shape index (κ3) is 1.76. The summed E-state index contributed by atoms with van der Waals surface area (Å²) >= 11 is 3.52. The summed E-state index contributed by atoms with van der Waals surface area (Å²) in [7, 11) is 0. The van der Waals surface area contributed by atoms with Gasteiger partial charge in [0.15, 0.2) is 11.6 Å². The van der Waals surface area contributed by atoms with Gasteiger partial charge >= 0.3 is 0 Å². The van der Waals surface area contributed by atoms with E-state index >= 15 is 0 Å². The average molecular weight is 376 g/mol. The highest BCUT2D eigenvalue weighted by Gasteiger charge is 2.32. The molecule has 0 spiro atoms. The molecule has 4 nitrogen and oxygen atoms in total. The molecule has 0 radical (unpaired) electrons. The Morgan fingerprint density at radius 2 is 1.79 bits per heavy atom. The number of carbonyl (C=O) groups excluding carboxylic acids is 1. The van der Waals surface area contributed by atoms with Crippen LogP contribution in [0.15, 0.2) is 65.4 Å². The normalized spacial score (nSPS) is 12.5. The SMILES string of the molecule is O=C1c2ccccc2-c2c1c(-n1cccn1)nc1ccc(Br)cc21. The van der Waals surface area contributed by atoms with E-state index in [0.29, 0.717) is 11.4 Å². The molecule has 4 aromatic rings. The van der Waals surface area contributed by atoms with E-state index in [4.69, 9.17) is 4.98 Å². The minimum absolute atomic E-state index is 0.000440. The molecule has 0 saturated carbocycles. The van der Waals surface area contributed by atoms with E-state index in [2.05, 4.69) is 21.0 Å². The Balaban J connectivity index is 2.00. The summed E-state index contributed by atoms with van der Waals surface area (Å²) in [6, 6.07) is 15.5. The van der Waals surface area contributed by atoms with Crippen LogP contribution in [-0.4, -0.2) is 20.5 Å².